The molecule has 0 N–H and O–H groups in total. The third-order valence-electron chi connectivity index (χ3n) is 5.21. The second kappa shape index (κ2) is 7.12. The summed E-state index contributed by atoms with van der Waals surface area (Å²) in [5.41, 5.74) is 1.49. The number of carbonyl (C=O) groups is 2. The number of hydrogen-bond acceptors (Lipinski definition) is 2. The Morgan fingerprint density at radius 3 is 2.12 bits per heavy atom. The lowest BCUT2D eigenvalue weighted by molar-refractivity contribution is 0.0650. The van der Waals surface area contributed by atoms with Crippen molar-refractivity contribution in [2.45, 2.75) is 12.8 Å². The van der Waals surface area contributed by atoms with Crippen molar-refractivity contribution in [2.24, 2.45) is 5.92 Å². The van der Waals surface area contributed by atoms with Gasteiger partial charge in [-0.05, 0) is 35.7 Å². The summed E-state index contributed by atoms with van der Waals surface area (Å²) >= 11 is 0. The Hall–Kier alpha value is -2.94. The molecule has 1 fully saturated rings. The van der Waals surface area contributed by atoms with E-state index in [-0.39, 0.29) is 17.6 Å². The normalized spacial score (nSPS) is 15.2. The lowest BCUT2D eigenvalue weighted by Gasteiger charge is -2.31. The molecule has 3 aromatic carbocycles. The van der Waals surface area contributed by atoms with Crippen LogP contribution in [0.3, 0.4) is 0 Å². The molecular formula is C23H21NO2. The smallest absolute Gasteiger partial charge is 0.253 e. The molecule has 1 heterocycles. The first-order valence-electron chi connectivity index (χ1n) is 9.10. The Kier molecular flexibility index (Phi) is 4.53. The van der Waals surface area contributed by atoms with Gasteiger partial charge < -0.3 is 4.90 Å². The third kappa shape index (κ3) is 3.25. The fraction of sp³-hybridized carbons (Fsp3) is 0.217. The number of benzene rings is 3. The number of rotatable bonds is 3. The van der Waals surface area contributed by atoms with Gasteiger partial charge >= 0.3 is 0 Å². The molecule has 26 heavy (non-hydrogen) atoms. The number of likely N-dealkylation sites (tertiary alicyclic amines) is 1. The molecule has 0 saturated carbocycles. The predicted octanol–water partition coefficient (Wildman–Crippen LogP) is 4.57. The van der Waals surface area contributed by atoms with Gasteiger partial charge in [0.25, 0.3) is 5.91 Å². The maximum Gasteiger partial charge on any atom is 0.253 e. The van der Waals surface area contributed by atoms with Crippen LogP contribution in [0.15, 0.2) is 72.8 Å². The molecule has 0 radical (unpaired) electrons. The third-order valence-corrected chi connectivity index (χ3v) is 5.21. The molecule has 0 unspecified atom stereocenters. The van der Waals surface area contributed by atoms with Gasteiger partial charge in [0.15, 0.2) is 5.78 Å². The van der Waals surface area contributed by atoms with Crippen LogP contribution in [-0.2, 0) is 0 Å². The van der Waals surface area contributed by atoms with Gasteiger partial charge in [-0.3, -0.25) is 9.59 Å². The number of hydrogen-bond donors (Lipinski definition) is 0. The summed E-state index contributed by atoms with van der Waals surface area (Å²) in [6.45, 7) is 1.27. The van der Waals surface area contributed by atoms with Crippen molar-refractivity contribution < 1.29 is 9.59 Å². The summed E-state index contributed by atoms with van der Waals surface area (Å²) in [4.78, 5) is 27.3. The van der Waals surface area contributed by atoms with Crippen molar-refractivity contribution >= 4 is 22.5 Å². The Bertz CT molecular complexity index is 941. The summed E-state index contributed by atoms with van der Waals surface area (Å²) in [6, 6.07) is 23.3. The molecule has 3 heteroatoms. The number of ketones is 1. The van der Waals surface area contributed by atoms with Gasteiger partial charge in [0.2, 0.25) is 0 Å². The van der Waals surface area contributed by atoms with Crippen molar-refractivity contribution in [3.63, 3.8) is 0 Å². The van der Waals surface area contributed by atoms with Crippen LogP contribution in [0.1, 0.15) is 33.6 Å². The number of amides is 1. The summed E-state index contributed by atoms with van der Waals surface area (Å²) in [7, 11) is 0. The molecule has 0 bridgehead atoms. The Morgan fingerprint density at radius 2 is 1.38 bits per heavy atom. The molecule has 0 atom stereocenters. The van der Waals surface area contributed by atoms with Gasteiger partial charge in [-0.15, -0.1) is 0 Å². The second-order valence-corrected chi connectivity index (χ2v) is 6.86. The van der Waals surface area contributed by atoms with Gasteiger partial charge in [-0.1, -0.05) is 60.7 Å². The molecule has 1 aliphatic heterocycles. The summed E-state index contributed by atoms with van der Waals surface area (Å²) < 4.78 is 0. The highest BCUT2D eigenvalue weighted by molar-refractivity contribution is 6.00. The van der Waals surface area contributed by atoms with Crippen molar-refractivity contribution in [1.29, 1.82) is 0 Å². The number of piperidine rings is 1. The van der Waals surface area contributed by atoms with Crippen molar-refractivity contribution in [1.82, 2.24) is 4.90 Å². The number of nitrogens with zero attached hydrogens (tertiary/aromatic N) is 1. The predicted molar refractivity (Wildman–Crippen MR) is 103 cm³/mol. The zero-order chi connectivity index (χ0) is 17.9. The van der Waals surface area contributed by atoms with Crippen LogP contribution in [0.5, 0.6) is 0 Å². The summed E-state index contributed by atoms with van der Waals surface area (Å²) in [5, 5.41) is 2.21. The van der Waals surface area contributed by atoms with E-state index in [0.29, 0.717) is 13.1 Å². The highest BCUT2D eigenvalue weighted by Gasteiger charge is 2.28. The minimum Gasteiger partial charge on any atom is -0.339 e. The van der Waals surface area contributed by atoms with Gasteiger partial charge in [-0.25, -0.2) is 0 Å². The van der Waals surface area contributed by atoms with Gasteiger partial charge in [0.1, 0.15) is 0 Å². The zero-order valence-corrected chi connectivity index (χ0v) is 14.6. The minimum absolute atomic E-state index is 0.0121. The molecule has 0 aromatic heterocycles. The average molecular weight is 343 g/mol. The van der Waals surface area contributed by atoms with Crippen molar-refractivity contribution in [2.75, 3.05) is 13.1 Å². The van der Waals surface area contributed by atoms with E-state index in [1.54, 1.807) is 0 Å². The standard InChI is InChI=1S/C23H21NO2/c25-22(18-7-2-1-3-8-18)19-12-14-24(15-13-19)23(26)21-11-10-17-6-4-5-9-20(17)16-21/h1-11,16,19H,12-15H2. The first-order valence-corrected chi connectivity index (χ1v) is 9.10. The van der Waals surface area contributed by atoms with Gasteiger partial charge in [-0.2, -0.15) is 0 Å². The maximum absolute atomic E-state index is 12.8. The zero-order valence-electron chi connectivity index (χ0n) is 14.6. The fourth-order valence-corrected chi connectivity index (χ4v) is 3.69. The molecule has 0 spiro atoms. The van der Waals surface area contributed by atoms with Crippen LogP contribution in [0.25, 0.3) is 10.8 Å². The van der Waals surface area contributed by atoms with Crippen molar-refractivity contribution in [3.05, 3.63) is 83.9 Å². The fourth-order valence-electron chi connectivity index (χ4n) is 3.69. The maximum atomic E-state index is 12.8. The number of fused-ring (bicyclic) bond motifs is 1. The van der Waals surface area contributed by atoms with E-state index in [0.717, 1.165) is 34.7 Å². The van der Waals surface area contributed by atoms with E-state index in [9.17, 15) is 9.59 Å². The molecule has 3 aromatic rings. The highest BCUT2D eigenvalue weighted by atomic mass is 16.2. The van der Waals surface area contributed by atoms with Crippen molar-refractivity contribution in [3.8, 4) is 0 Å². The second-order valence-electron chi connectivity index (χ2n) is 6.86. The minimum atomic E-state index is 0.0121. The van der Waals surface area contributed by atoms with Gasteiger partial charge in [0.05, 0.1) is 0 Å². The first kappa shape index (κ1) is 16.5. The SMILES string of the molecule is O=C(c1ccccc1)C1CCN(C(=O)c2ccc3ccccc3c2)CC1. The molecule has 1 saturated heterocycles. The Morgan fingerprint density at radius 1 is 0.731 bits per heavy atom. The monoisotopic (exact) mass is 343 g/mol. The Balaban J connectivity index is 1.43. The van der Waals surface area contributed by atoms with E-state index in [4.69, 9.17) is 0 Å². The largest absolute Gasteiger partial charge is 0.339 e. The molecular weight excluding hydrogens is 322 g/mol. The van der Waals surface area contributed by atoms with Crippen LogP contribution in [0, 0.1) is 5.92 Å². The van der Waals surface area contributed by atoms with E-state index in [1.165, 1.54) is 0 Å². The quantitative estimate of drug-likeness (QED) is 0.653. The number of Topliss-reactive ketones (excluding diaryl/α,β-unsaturated/α-hetero) is 1. The first-order chi connectivity index (χ1) is 12.7. The topological polar surface area (TPSA) is 37.4 Å². The van der Waals surface area contributed by atoms with E-state index >= 15 is 0 Å². The molecule has 3 nitrogen and oxygen atoms in total. The van der Waals surface area contributed by atoms with E-state index in [1.807, 2.05) is 77.7 Å². The lowest BCUT2D eigenvalue weighted by Crippen LogP contribution is -2.40. The highest BCUT2D eigenvalue weighted by Crippen LogP contribution is 2.24. The molecule has 0 aliphatic carbocycles. The number of carbonyl (C=O) groups excluding carboxylic acids is 2. The van der Waals surface area contributed by atoms with Crippen LogP contribution >= 0.6 is 0 Å². The van der Waals surface area contributed by atoms with Crippen LogP contribution in [0.4, 0.5) is 0 Å². The summed E-state index contributed by atoms with van der Waals surface area (Å²) in [6.07, 6.45) is 1.46. The van der Waals surface area contributed by atoms with E-state index < -0.39 is 0 Å². The molecule has 130 valence electrons. The molecule has 1 aliphatic rings. The molecule has 1 amide bonds. The van der Waals surface area contributed by atoms with Gasteiger partial charge in [0, 0.05) is 30.1 Å². The summed E-state index contributed by atoms with van der Waals surface area (Å²) in [5.74, 6) is 0.267. The molecule has 4 rings (SSSR count). The van der Waals surface area contributed by atoms with Crippen LogP contribution < -0.4 is 0 Å². The Labute approximate surface area is 153 Å². The van der Waals surface area contributed by atoms with Crippen LogP contribution in [-0.4, -0.2) is 29.7 Å². The lowest BCUT2D eigenvalue weighted by atomic mass is 9.88. The van der Waals surface area contributed by atoms with E-state index in [2.05, 4.69) is 0 Å². The average Bonchev–Trinajstić information content (AvgIpc) is 2.73. The van der Waals surface area contributed by atoms with Crippen LogP contribution in [0.2, 0.25) is 0 Å².